The number of amides is 2. The molecule has 2 N–H and O–H groups in total. The second kappa shape index (κ2) is 9.65. The van der Waals surface area contributed by atoms with Crippen molar-refractivity contribution in [2.45, 2.75) is 38.0 Å². The van der Waals surface area contributed by atoms with E-state index in [1.807, 2.05) is 13.1 Å². The van der Waals surface area contributed by atoms with Crippen LogP contribution >= 0.6 is 0 Å². The number of halogens is 4. The van der Waals surface area contributed by atoms with E-state index in [1.165, 1.54) is 4.90 Å². The fourth-order valence-electron chi connectivity index (χ4n) is 7.53. The highest BCUT2D eigenvalue weighted by atomic mass is 19.2. The maximum Gasteiger partial charge on any atom is 0.311 e. The first kappa shape index (κ1) is 28.3. The lowest BCUT2D eigenvalue weighted by Gasteiger charge is -2.28. The van der Waals surface area contributed by atoms with Gasteiger partial charge in [0.15, 0.2) is 11.6 Å². The zero-order valence-corrected chi connectivity index (χ0v) is 24.2. The van der Waals surface area contributed by atoms with Gasteiger partial charge in [0.05, 0.1) is 12.1 Å². The minimum Gasteiger partial charge on any atom is -0.420 e. The molecule has 46 heavy (non-hydrogen) atoms. The van der Waals surface area contributed by atoms with Crippen molar-refractivity contribution in [2.24, 2.45) is 5.92 Å². The molecule has 2 aliphatic carbocycles. The Morgan fingerprint density at radius 3 is 2.57 bits per heavy atom. The number of aromatic nitrogens is 2. The van der Waals surface area contributed by atoms with Crippen LogP contribution in [0.4, 0.5) is 23.2 Å². The third kappa shape index (κ3) is 3.86. The minimum absolute atomic E-state index is 0.00425. The van der Waals surface area contributed by atoms with Gasteiger partial charge in [0.25, 0.3) is 5.91 Å². The van der Waals surface area contributed by atoms with Gasteiger partial charge < -0.3 is 24.5 Å². The summed E-state index contributed by atoms with van der Waals surface area (Å²) in [7, 11) is 0. The van der Waals surface area contributed by atoms with Crippen molar-refractivity contribution >= 4 is 40.2 Å². The predicted octanol–water partition coefficient (Wildman–Crippen LogP) is 5.13. The summed E-state index contributed by atoms with van der Waals surface area (Å²) in [6.07, 6.45) is 3.79. The number of allylic oxidation sites excluding steroid dienone is 2. The van der Waals surface area contributed by atoms with Crippen molar-refractivity contribution in [1.82, 2.24) is 14.9 Å². The van der Waals surface area contributed by atoms with Crippen LogP contribution in [0.25, 0.3) is 10.9 Å². The molecule has 9 nitrogen and oxygen atoms in total. The van der Waals surface area contributed by atoms with Crippen LogP contribution in [0.5, 0.6) is 5.75 Å². The first-order valence-corrected chi connectivity index (χ1v) is 14.7. The van der Waals surface area contributed by atoms with Crippen LogP contribution in [0.2, 0.25) is 0 Å². The Hall–Kier alpha value is -5.20. The molecule has 1 saturated heterocycles. The van der Waals surface area contributed by atoms with Crippen molar-refractivity contribution in [1.29, 1.82) is 0 Å². The summed E-state index contributed by atoms with van der Waals surface area (Å²) in [6, 6.07) is 5.22. The van der Waals surface area contributed by atoms with Gasteiger partial charge in [-0.15, -0.1) is 0 Å². The van der Waals surface area contributed by atoms with E-state index in [-0.39, 0.29) is 35.5 Å². The van der Waals surface area contributed by atoms with E-state index in [4.69, 9.17) is 0 Å². The number of likely N-dealkylation sites (tertiary alicyclic amines) is 1. The van der Waals surface area contributed by atoms with Crippen LogP contribution in [-0.2, 0) is 21.4 Å². The van der Waals surface area contributed by atoms with Crippen LogP contribution in [0.15, 0.2) is 42.2 Å². The van der Waals surface area contributed by atoms with Gasteiger partial charge in [0, 0.05) is 65.6 Å². The van der Waals surface area contributed by atoms with Crippen molar-refractivity contribution in [3.05, 3.63) is 93.6 Å². The molecule has 1 spiro atoms. The fourth-order valence-corrected chi connectivity index (χ4v) is 7.53. The lowest BCUT2D eigenvalue weighted by molar-refractivity contribution is -0.136. The zero-order valence-electron chi connectivity index (χ0n) is 24.2. The van der Waals surface area contributed by atoms with Gasteiger partial charge in [-0.05, 0) is 60.6 Å². The first-order valence-electron chi connectivity index (χ1n) is 14.7. The lowest BCUT2D eigenvalue weighted by Crippen LogP contribution is -2.34. The second-order valence-electron chi connectivity index (χ2n) is 12.2. The van der Waals surface area contributed by atoms with Crippen LogP contribution < -0.4 is 9.64 Å². The number of aromatic amines is 2. The van der Waals surface area contributed by atoms with E-state index in [9.17, 15) is 36.7 Å². The summed E-state index contributed by atoms with van der Waals surface area (Å²) in [4.78, 5) is 61.5. The number of ketones is 1. The number of esters is 1. The number of hydrogen-bond acceptors (Lipinski definition) is 5. The quantitative estimate of drug-likeness (QED) is 0.137. The number of nitrogens with one attached hydrogen (secondary N) is 2. The van der Waals surface area contributed by atoms with E-state index < -0.39 is 47.3 Å². The minimum atomic E-state index is -1.85. The standard InChI is InChI=1S/C33H24F4N4O5/c1-14-12-38-30-23(42)10-24-33(27(14)30)11-15(33)13-41(24)32(45)21-8-17-16-6-7-40(22(16)3-2-20(17)39-21)25(43)4-5-26(44)46-31-28(36)18(34)9-19(35)29(31)37/h2-3,8-10,12,15,38-39H,4-7,11,13H2,1H3/t15-,33+/m1/s1. The first-order chi connectivity index (χ1) is 22.0. The van der Waals surface area contributed by atoms with Crippen molar-refractivity contribution in [3.63, 3.8) is 0 Å². The highest BCUT2D eigenvalue weighted by Gasteiger charge is 2.68. The second-order valence-corrected chi connectivity index (χ2v) is 12.2. The number of H-pyrrole nitrogens is 2. The van der Waals surface area contributed by atoms with Crippen LogP contribution in [-0.4, -0.2) is 51.5 Å². The number of fused-ring (bicyclic) bond motifs is 4. The smallest absolute Gasteiger partial charge is 0.311 e. The number of carbonyl (C=O) groups is 4. The molecule has 4 aliphatic rings. The molecular formula is C33H24F4N4O5. The Morgan fingerprint density at radius 1 is 1.04 bits per heavy atom. The molecule has 1 saturated carbocycles. The average molecular weight is 633 g/mol. The van der Waals surface area contributed by atoms with Crippen LogP contribution in [0, 0.1) is 36.1 Å². The van der Waals surface area contributed by atoms with Crippen molar-refractivity contribution in [2.75, 3.05) is 18.0 Å². The SMILES string of the molecule is Cc1c[nH]c2c1[C@@]13C[C@@H]1CN(C(=O)c1cc4c5c(ccc4[nH]1)N(C(=O)CCC(=O)Oc1c(F)c(F)cc(F)c1F)CC5)C3=CC2=O. The molecule has 0 unspecified atom stereocenters. The highest BCUT2D eigenvalue weighted by molar-refractivity contribution is 6.10. The number of aryl methyl sites for hydroxylation is 1. The summed E-state index contributed by atoms with van der Waals surface area (Å²) >= 11 is 0. The Bertz CT molecular complexity index is 2090. The van der Waals surface area contributed by atoms with Crippen LogP contribution in [0.1, 0.15) is 56.9 Å². The number of anilines is 1. The van der Waals surface area contributed by atoms with Crippen molar-refractivity contribution in [3.8, 4) is 5.75 Å². The number of rotatable bonds is 5. The molecule has 4 aromatic rings. The number of carbonyl (C=O) groups excluding carboxylic acids is 4. The van der Waals surface area contributed by atoms with Gasteiger partial charge in [-0.2, -0.15) is 8.78 Å². The largest absolute Gasteiger partial charge is 0.420 e. The number of nitrogens with zero attached hydrogens (tertiary/aromatic N) is 2. The van der Waals surface area contributed by atoms with Crippen LogP contribution in [0.3, 0.4) is 0 Å². The van der Waals surface area contributed by atoms with Gasteiger partial charge in [-0.1, -0.05) is 0 Å². The summed E-state index contributed by atoms with van der Waals surface area (Å²) < 4.78 is 59.1. The molecule has 0 radical (unpaired) electrons. The molecule has 13 heteroatoms. The third-order valence-corrected chi connectivity index (χ3v) is 9.67. The summed E-state index contributed by atoms with van der Waals surface area (Å²) in [6.45, 7) is 2.77. The topological polar surface area (TPSA) is 116 Å². The van der Waals surface area contributed by atoms with E-state index in [0.29, 0.717) is 42.1 Å². The molecule has 4 heterocycles. The van der Waals surface area contributed by atoms with Gasteiger partial charge >= 0.3 is 5.97 Å². The molecule has 2 aromatic heterocycles. The number of ether oxygens (including phenoxy) is 1. The normalized spacial score (nSPS) is 20.8. The molecule has 2 aromatic carbocycles. The molecular weight excluding hydrogens is 608 g/mol. The van der Waals surface area contributed by atoms with E-state index in [1.54, 1.807) is 29.2 Å². The molecule has 2 aliphatic heterocycles. The summed E-state index contributed by atoms with van der Waals surface area (Å²) in [5, 5.41) is 0.756. The number of benzene rings is 2. The molecule has 2 atom stereocenters. The monoisotopic (exact) mass is 632 g/mol. The van der Waals surface area contributed by atoms with Gasteiger partial charge in [0.2, 0.25) is 29.1 Å². The van der Waals surface area contributed by atoms with Gasteiger partial charge in [-0.3, -0.25) is 19.2 Å². The molecule has 0 bridgehead atoms. The molecule has 8 rings (SSSR count). The van der Waals surface area contributed by atoms with E-state index in [0.717, 1.165) is 34.2 Å². The average Bonchev–Trinajstić information content (AvgIpc) is 3.49. The summed E-state index contributed by atoms with van der Waals surface area (Å²) in [5.74, 6) is -10.5. The maximum atomic E-state index is 13.9. The molecule has 234 valence electrons. The Labute approximate surface area is 257 Å². The fraction of sp³-hybridized carbons (Fsp3) is 0.273. The van der Waals surface area contributed by atoms with E-state index in [2.05, 4.69) is 14.7 Å². The molecule has 2 fully saturated rings. The zero-order chi connectivity index (χ0) is 32.2. The van der Waals surface area contributed by atoms with Gasteiger partial charge in [-0.25, -0.2) is 8.78 Å². The van der Waals surface area contributed by atoms with Gasteiger partial charge in [0.1, 0.15) is 5.69 Å². The Morgan fingerprint density at radius 2 is 1.80 bits per heavy atom. The number of hydrogen-bond donors (Lipinski definition) is 2. The predicted molar refractivity (Wildman–Crippen MR) is 154 cm³/mol. The molecule has 2 amide bonds. The lowest BCUT2D eigenvalue weighted by atomic mass is 9.83. The third-order valence-electron chi connectivity index (χ3n) is 9.67. The van der Waals surface area contributed by atoms with Crippen molar-refractivity contribution < 1.29 is 41.5 Å². The van der Waals surface area contributed by atoms with E-state index >= 15 is 0 Å². The Kier molecular flexibility index (Phi) is 5.93. The maximum absolute atomic E-state index is 13.9. The highest BCUT2D eigenvalue weighted by Crippen LogP contribution is 2.67. The number of piperidine rings is 1. The summed E-state index contributed by atoms with van der Waals surface area (Å²) in [5.41, 5.74) is 5.47. The Balaban J connectivity index is 0.991.